The molecular formula is C15H22ClN3OS. The molecule has 1 aromatic carbocycles. The minimum atomic E-state index is 0.233. The van der Waals surface area contributed by atoms with Crippen molar-refractivity contribution < 1.29 is 4.74 Å². The molecule has 1 N–H and O–H groups in total. The number of methoxy groups -OCH3 is 1. The third-order valence-corrected chi connectivity index (χ3v) is 4.17. The Morgan fingerprint density at radius 2 is 1.90 bits per heavy atom. The van der Waals surface area contributed by atoms with Crippen LogP contribution in [-0.2, 0) is 4.74 Å². The third kappa shape index (κ3) is 4.73. The number of piperazine rings is 1. The molecule has 0 saturated carbocycles. The van der Waals surface area contributed by atoms with Gasteiger partial charge in [-0.05, 0) is 43.4 Å². The molecule has 1 unspecified atom stereocenters. The molecule has 1 saturated heterocycles. The van der Waals surface area contributed by atoms with Crippen molar-refractivity contribution in [3.8, 4) is 0 Å². The van der Waals surface area contributed by atoms with Crippen LogP contribution in [0.3, 0.4) is 0 Å². The van der Waals surface area contributed by atoms with Gasteiger partial charge in [0.05, 0.1) is 6.61 Å². The lowest BCUT2D eigenvalue weighted by Crippen LogP contribution is -2.53. The maximum atomic E-state index is 5.93. The Morgan fingerprint density at radius 1 is 1.29 bits per heavy atom. The van der Waals surface area contributed by atoms with Crippen molar-refractivity contribution in [3.05, 3.63) is 29.3 Å². The van der Waals surface area contributed by atoms with E-state index in [1.807, 2.05) is 12.1 Å². The van der Waals surface area contributed by atoms with Gasteiger partial charge in [-0.25, -0.2) is 0 Å². The van der Waals surface area contributed by atoms with E-state index in [4.69, 9.17) is 28.6 Å². The summed E-state index contributed by atoms with van der Waals surface area (Å²) in [5.74, 6) is 0. The van der Waals surface area contributed by atoms with E-state index in [1.165, 1.54) is 5.69 Å². The van der Waals surface area contributed by atoms with Gasteiger partial charge in [0.2, 0.25) is 0 Å². The zero-order valence-electron chi connectivity index (χ0n) is 12.5. The largest absolute Gasteiger partial charge is 0.383 e. The molecule has 0 aromatic heterocycles. The standard InChI is InChI=1S/C15H22ClN3OS/c1-12(11-20-2)17-15(21)19-9-7-18(8-10-19)14-5-3-13(16)4-6-14/h3-6,12H,7-11H2,1-2H3,(H,17,21). The second kappa shape index (κ2) is 7.82. The third-order valence-electron chi connectivity index (χ3n) is 3.55. The Kier molecular flexibility index (Phi) is 6.08. The van der Waals surface area contributed by atoms with Crippen LogP contribution in [0.25, 0.3) is 0 Å². The Morgan fingerprint density at radius 3 is 2.48 bits per heavy atom. The van der Waals surface area contributed by atoms with Crippen LogP contribution in [0, 0.1) is 0 Å². The summed E-state index contributed by atoms with van der Waals surface area (Å²) in [5.41, 5.74) is 1.21. The molecule has 116 valence electrons. The number of ether oxygens (including phenoxy) is 1. The zero-order valence-corrected chi connectivity index (χ0v) is 14.1. The fourth-order valence-corrected chi connectivity index (χ4v) is 2.92. The number of anilines is 1. The summed E-state index contributed by atoms with van der Waals surface area (Å²) in [6.45, 7) is 6.50. The first-order chi connectivity index (χ1) is 10.1. The molecule has 0 spiro atoms. The molecule has 1 aliphatic rings. The number of nitrogens with zero attached hydrogens (tertiary/aromatic N) is 2. The van der Waals surface area contributed by atoms with Gasteiger partial charge in [-0.2, -0.15) is 0 Å². The lowest BCUT2D eigenvalue weighted by Gasteiger charge is -2.38. The van der Waals surface area contributed by atoms with Gasteiger partial charge < -0.3 is 19.9 Å². The Hall–Kier alpha value is -1.04. The molecule has 1 atom stereocenters. The summed E-state index contributed by atoms with van der Waals surface area (Å²) in [6.07, 6.45) is 0. The highest BCUT2D eigenvalue weighted by molar-refractivity contribution is 7.80. The molecule has 0 amide bonds. The normalized spacial score (nSPS) is 16.7. The van der Waals surface area contributed by atoms with Crippen LogP contribution < -0.4 is 10.2 Å². The van der Waals surface area contributed by atoms with Crippen LogP contribution in [0.4, 0.5) is 5.69 Å². The fourth-order valence-electron chi connectivity index (χ4n) is 2.41. The summed E-state index contributed by atoms with van der Waals surface area (Å²) >= 11 is 11.4. The molecule has 2 rings (SSSR count). The second-order valence-corrected chi connectivity index (χ2v) is 6.08. The summed E-state index contributed by atoms with van der Waals surface area (Å²) in [7, 11) is 1.70. The van der Waals surface area contributed by atoms with Crippen LogP contribution in [-0.4, -0.2) is 55.9 Å². The molecule has 1 aliphatic heterocycles. The summed E-state index contributed by atoms with van der Waals surface area (Å²) < 4.78 is 5.12. The number of thiocarbonyl (C=S) groups is 1. The number of nitrogens with one attached hydrogen (secondary N) is 1. The van der Waals surface area contributed by atoms with Gasteiger partial charge in [0.1, 0.15) is 0 Å². The number of halogens is 1. The van der Waals surface area contributed by atoms with Crippen LogP contribution in [0.15, 0.2) is 24.3 Å². The van der Waals surface area contributed by atoms with Crippen LogP contribution >= 0.6 is 23.8 Å². The molecule has 0 aliphatic carbocycles. The van der Waals surface area contributed by atoms with Crippen molar-refractivity contribution in [2.24, 2.45) is 0 Å². The molecule has 4 nitrogen and oxygen atoms in total. The average Bonchev–Trinajstić information content (AvgIpc) is 2.48. The second-order valence-electron chi connectivity index (χ2n) is 5.26. The van der Waals surface area contributed by atoms with E-state index in [-0.39, 0.29) is 6.04 Å². The predicted octanol–water partition coefficient (Wildman–Crippen LogP) is 2.37. The highest BCUT2D eigenvalue weighted by Crippen LogP contribution is 2.19. The van der Waals surface area contributed by atoms with E-state index in [0.29, 0.717) is 6.61 Å². The lowest BCUT2D eigenvalue weighted by atomic mass is 10.2. The van der Waals surface area contributed by atoms with E-state index in [1.54, 1.807) is 7.11 Å². The summed E-state index contributed by atoms with van der Waals surface area (Å²) in [5, 5.41) is 4.90. The molecule has 21 heavy (non-hydrogen) atoms. The first kappa shape index (κ1) is 16.3. The van der Waals surface area contributed by atoms with Crippen LogP contribution in [0.1, 0.15) is 6.92 Å². The Labute approximate surface area is 137 Å². The monoisotopic (exact) mass is 327 g/mol. The molecule has 1 aromatic rings. The van der Waals surface area contributed by atoms with Gasteiger partial charge >= 0.3 is 0 Å². The number of benzene rings is 1. The number of hydrogen-bond acceptors (Lipinski definition) is 3. The molecule has 0 radical (unpaired) electrons. The van der Waals surface area contributed by atoms with Gasteiger partial charge in [-0.3, -0.25) is 0 Å². The molecule has 1 fully saturated rings. The molecule has 1 heterocycles. The summed E-state index contributed by atoms with van der Waals surface area (Å²) in [6, 6.07) is 8.23. The minimum absolute atomic E-state index is 0.233. The summed E-state index contributed by atoms with van der Waals surface area (Å²) in [4.78, 5) is 4.57. The van der Waals surface area contributed by atoms with Crippen molar-refractivity contribution >= 4 is 34.6 Å². The maximum Gasteiger partial charge on any atom is 0.169 e. The Balaban J connectivity index is 1.82. The van der Waals surface area contributed by atoms with E-state index in [0.717, 1.165) is 36.3 Å². The number of rotatable bonds is 4. The van der Waals surface area contributed by atoms with E-state index >= 15 is 0 Å². The molecule has 0 bridgehead atoms. The van der Waals surface area contributed by atoms with Crippen LogP contribution in [0.2, 0.25) is 5.02 Å². The first-order valence-corrected chi connectivity index (χ1v) is 7.93. The highest BCUT2D eigenvalue weighted by atomic mass is 35.5. The predicted molar refractivity (Wildman–Crippen MR) is 92.3 cm³/mol. The minimum Gasteiger partial charge on any atom is -0.383 e. The highest BCUT2D eigenvalue weighted by Gasteiger charge is 2.19. The van der Waals surface area contributed by atoms with Gasteiger partial charge in [0, 0.05) is 50.0 Å². The van der Waals surface area contributed by atoms with Crippen molar-refractivity contribution in [2.75, 3.05) is 44.8 Å². The van der Waals surface area contributed by atoms with E-state index in [9.17, 15) is 0 Å². The first-order valence-electron chi connectivity index (χ1n) is 7.15. The van der Waals surface area contributed by atoms with Crippen molar-refractivity contribution in [3.63, 3.8) is 0 Å². The van der Waals surface area contributed by atoms with Crippen LogP contribution in [0.5, 0.6) is 0 Å². The fraction of sp³-hybridized carbons (Fsp3) is 0.533. The van der Waals surface area contributed by atoms with Crippen molar-refractivity contribution in [2.45, 2.75) is 13.0 Å². The number of hydrogen-bond donors (Lipinski definition) is 1. The Bertz CT molecular complexity index is 460. The van der Waals surface area contributed by atoms with E-state index < -0.39 is 0 Å². The molecular weight excluding hydrogens is 306 g/mol. The smallest absolute Gasteiger partial charge is 0.169 e. The average molecular weight is 328 g/mol. The zero-order chi connectivity index (χ0) is 15.2. The van der Waals surface area contributed by atoms with Crippen molar-refractivity contribution in [1.82, 2.24) is 10.2 Å². The van der Waals surface area contributed by atoms with Gasteiger partial charge in [0.15, 0.2) is 5.11 Å². The SMILES string of the molecule is COCC(C)NC(=S)N1CCN(c2ccc(Cl)cc2)CC1. The van der Waals surface area contributed by atoms with Gasteiger partial charge in [0.25, 0.3) is 0 Å². The maximum absolute atomic E-state index is 5.93. The molecule has 6 heteroatoms. The topological polar surface area (TPSA) is 27.7 Å². The van der Waals surface area contributed by atoms with Gasteiger partial charge in [-0.15, -0.1) is 0 Å². The van der Waals surface area contributed by atoms with E-state index in [2.05, 4.69) is 34.2 Å². The quantitative estimate of drug-likeness (QED) is 0.857. The lowest BCUT2D eigenvalue weighted by molar-refractivity contribution is 0.177. The van der Waals surface area contributed by atoms with Gasteiger partial charge in [-0.1, -0.05) is 11.6 Å². The van der Waals surface area contributed by atoms with Crippen molar-refractivity contribution in [1.29, 1.82) is 0 Å².